The number of aliphatic hydroxyl groups is 1. The fraction of sp³-hybridized carbons (Fsp3) is 0.750. The van der Waals surface area contributed by atoms with Crippen LogP contribution in [0.2, 0.25) is 0 Å². The Bertz CT molecular complexity index is 984. The Morgan fingerprint density at radius 3 is 1.33 bits per heavy atom. The highest BCUT2D eigenvalue weighted by atomic mass is 16.3. The molecule has 0 radical (unpaired) electrons. The Morgan fingerprint density at radius 2 is 0.913 bits per heavy atom. The molecule has 0 aromatic carbocycles. The molecule has 4 atom stereocenters. The lowest BCUT2D eigenvalue weighted by Gasteiger charge is -2.26. The molecule has 0 fully saturated rings. The van der Waals surface area contributed by atoms with Gasteiger partial charge < -0.3 is 59.9 Å². The first-order valence-electron chi connectivity index (χ1n) is 15.6. The Morgan fingerprint density at radius 1 is 0.522 bits per heavy atom. The van der Waals surface area contributed by atoms with Crippen LogP contribution in [0.4, 0.5) is 0 Å². The van der Waals surface area contributed by atoms with Crippen molar-refractivity contribution in [3.05, 3.63) is 0 Å². The van der Waals surface area contributed by atoms with Crippen LogP contribution in [-0.2, 0) is 33.6 Å². The van der Waals surface area contributed by atoms with E-state index in [0.29, 0.717) is 64.6 Å². The van der Waals surface area contributed by atoms with Crippen LogP contribution in [0, 0.1) is 0 Å². The molecule has 0 aliphatic heterocycles. The van der Waals surface area contributed by atoms with E-state index in [4.69, 9.17) is 22.9 Å². The van der Waals surface area contributed by atoms with Crippen molar-refractivity contribution in [1.82, 2.24) is 31.9 Å². The summed E-state index contributed by atoms with van der Waals surface area (Å²) in [7, 11) is 0. The highest BCUT2D eigenvalue weighted by molar-refractivity contribution is 5.96. The van der Waals surface area contributed by atoms with Gasteiger partial charge in [0.15, 0.2) is 5.78 Å². The molecule has 18 nitrogen and oxygen atoms in total. The van der Waals surface area contributed by atoms with Crippen molar-refractivity contribution >= 4 is 41.2 Å². The molecule has 0 saturated heterocycles. The van der Waals surface area contributed by atoms with Gasteiger partial charge in [0, 0.05) is 0 Å². The van der Waals surface area contributed by atoms with Gasteiger partial charge in [-0.2, -0.15) is 0 Å². The molecule has 15 N–H and O–H groups in total. The van der Waals surface area contributed by atoms with E-state index in [1.54, 1.807) is 0 Å². The number of aliphatic hydroxyl groups excluding tert-OH is 1. The van der Waals surface area contributed by atoms with Crippen molar-refractivity contribution in [2.24, 2.45) is 22.9 Å². The zero-order valence-corrected chi connectivity index (χ0v) is 26.7. The maximum absolute atomic E-state index is 13.4. The summed E-state index contributed by atoms with van der Waals surface area (Å²) in [6, 6.07) is -4.42. The second-order valence-corrected chi connectivity index (χ2v) is 10.7. The van der Waals surface area contributed by atoms with Gasteiger partial charge >= 0.3 is 0 Å². The van der Waals surface area contributed by atoms with E-state index >= 15 is 0 Å². The van der Waals surface area contributed by atoms with E-state index in [-0.39, 0.29) is 25.2 Å². The molecule has 0 aromatic rings. The highest BCUT2D eigenvalue weighted by Gasteiger charge is 2.30. The van der Waals surface area contributed by atoms with E-state index in [9.17, 15) is 38.7 Å². The average Bonchev–Trinajstić information content (AvgIpc) is 3.03. The SMILES string of the molecule is CC(=O)C(CCCCN)NC(=O)C(CCCCN)NC(=O)C(CCCCN)NC(=O)C(CO)NC(=O)CNC(=O)CNC(=O)CN. The molecule has 0 aliphatic rings. The normalized spacial score (nSPS) is 13.3. The largest absolute Gasteiger partial charge is 0.394 e. The van der Waals surface area contributed by atoms with E-state index < -0.39 is 79.3 Å². The molecule has 264 valence electrons. The summed E-state index contributed by atoms with van der Waals surface area (Å²) in [5.74, 6) is -4.44. The maximum atomic E-state index is 13.4. The van der Waals surface area contributed by atoms with Gasteiger partial charge in [0.25, 0.3) is 0 Å². The van der Waals surface area contributed by atoms with Crippen LogP contribution in [0.3, 0.4) is 0 Å². The zero-order chi connectivity index (χ0) is 34.9. The van der Waals surface area contributed by atoms with Crippen LogP contribution in [-0.4, -0.2) is 116 Å². The molecule has 0 rings (SSSR count). The van der Waals surface area contributed by atoms with Gasteiger partial charge in [0.2, 0.25) is 35.4 Å². The van der Waals surface area contributed by atoms with E-state index in [0.717, 1.165) is 0 Å². The predicted molar refractivity (Wildman–Crippen MR) is 169 cm³/mol. The minimum atomic E-state index is -1.47. The summed E-state index contributed by atoms with van der Waals surface area (Å²) in [5.41, 5.74) is 21.9. The Kier molecular flexibility index (Phi) is 23.4. The third-order valence-electron chi connectivity index (χ3n) is 6.83. The number of ketones is 1. The van der Waals surface area contributed by atoms with Gasteiger partial charge in [-0.05, 0) is 84.3 Å². The first-order valence-corrected chi connectivity index (χ1v) is 15.6. The predicted octanol–water partition coefficient (Wildman–Crippen LogP) is -4.92. The molecule has 46 heavy (non-hydrogen) atoms. The lowest BCUT2D eigenvalue weighted by molar-refractivity contribution is -0.135. The van der Waals surface area contributed by atoms with Gasteiger partial charge in [-0.3, -0.25) is 33.6 Å². The number of carbonyl (C=O) groups excluding carboxylic acids is 7. The van der Waals surface area contributed by atoms with Gasteiger partial charge in [-0.25, -0.2) is 0 Å². The lowest BCUT2D eigenvalue weighted by atomic mass is 10.0. The summed E-state index contributed by atoms with van der Waals surface area (Å²) in [5, 5.41) is 24.4. The summed E-state index contributed by atoms with van der Waals surface area (Å²) < 4.78 is 0. The van der Waals surface area contributed by atoms with E-state index in [1.807, 2.05) is 0 Å². The molecule has 4 unspecified atom stereocenters. The molecule has 0 aromatic heterocycles. The maximum Gasteiger partial charge on any atom is 0.245 e. The van der Waals surface area contributed by atoms with Gasteiger partial charge in [-0.15, -0.1) is 0 Å². The fourth-order valence-electron chi connectivity index (χ4n) is 4.14. The average molecular weight is 659 g/mol. The number of nitrogens with one attached hydrogen (secondary N) is 6. The van der Waals surface area contributed by atoms with Crippen LogP contribution >= 0.6 is 0 Å². The van der Waals surface area contributed by atoms with Gasteiger partial charge in [-0.1, -0.05) is 0 Å². The van der Waals surface area contributed by atoms with Crippen molar-refractivity contribution in [3.63, 3.8) is 0 Å². The van der Waals surface area contributed by atoms with Crippen LogP contribution in [0.5, 0.6) is 0 Å². The van der Waals surface area contributed by atoms with E-state index in [1.165, 1.54) is 6.92 Å². The molecule has 0 aliphatic carbocycles. The minimum absolute atomic E-state index is 0.137. The van der Waals surface area contributed by atoms with E-state index in [2.05, 4.69) is 31.9 Å². The quantitative estimate of drug-likeness (QED) is 0.0390. The highest BCUT2D eigenvalue weighted by Crippen LogP contribution is 2.08. The minimum Gasteiger partial charge on any atom is -0.394 e. The molecule has 0 saturated carbocycles. The molecular weight excluding hydrogens is 604 g/mol. The van der Waals surface area contributed by atoms with Crippen molar-refractivity contribution in [3.8, 4) is 0 Å². The van der Waals surface area contributed by atoms with Crippen molar-refractivity contribution in [2.75, 3.05) is 45.9 Å². The Hall–Kier alpha value is -3.71. The van der Waals surface area contributed by atoms with Crippen molar-refractivity contribution < 1.29 is 38.7 Å². The lowest BCUT2D eigenvalue weighted by Crippen LogP contribution is -2.58. The molecular formula is C28H54N10O8. The Labute approximate surface area is 269 Å². The van der Waals surface area contributed by atoms with Gasteiger partial charge in [0.1, 0.15) is 18.1 Å². The molecule has 0 heterocycles. The fourth-order valence-corrected chi connectivity index (χ4v) is 4.14. The van der Waals surface area contributed by atoms with Crippen molar-refractivity contribution in [2.45, 2.75) is 88.9 Å². The van der Waals surface area contributed by atoms with Gasteiger partial charge in [0.05, 0.1) is 32.3 Å². The first-order chi connectivity index (χ1) is 21.9. The summed E-state index contributed by atoms with van der Waals surface area (Å²) in [6.07, 6.45) is 4.13. The summed E-state index contributed by atoms with van der Waals surface area (Å²) in [6.45, 7) is 0.404. The molecule has 18 heteroatoms. The monoisotopic (exact) mass is 658 g/mol. The number of carbonyl (C=O) groups is 7. The first kappa shape index (κ1) is 42.3. The summed E-state index contributed by atoms with van der Waals surface area (Å²) >= 11 is 0. The molecule has 0 bridgehead atoms. The number of hydrogen-bond acceptors (Lipinski definition) is 12. The number of amides is 6. The topological polar surface area (TPSA) is 316 Å². The van der Waals surface area contributed by atoms with Crippen LogP contribution in [0.1, 0.15) is 64.7 Å². The molecule has 6 amide bonds. The van der Waals surface area contributed by atoms with Crippen LogP contribution < -0.4 is 54.8 Å². The number of Topliss-reactive ketones (excluding diaryl/α,β-unsaturated/α-hetero) is 1. The van der Waals surface area contributed by atoms with Crippen molar-refractivity contribution in [1.29, 1.82) is 0 Å². The third-order valence-corrected chi connectivity index (χ3v) is 6.83. The number of hydrogen-bond donors (Lipinski definition) is 11. The molecule has 0 spiro atoms. The zero-order valence-electron chi connectivity index (χ0n) is 26.7. The van der Waals surface area contributed by atoms with Crippen LogP contribution in [0.25, 0.3) is 0 Å². The van der Waals surface area contributed by atoms with Crippen LogP contribution in [0.15, 0.2) is 0 Å². The number of unbranched alkanes of at least 4 members (excludes halogenated alkanes) is 3. The second-order valence-electron chi connectivity index (χ2n) is 10.7. The third kappa shape index (κ3) is 18.9. The smallest absolute Gasteiger partial charge is 0.245 e. The number of rotatable bonds is 26. The Balaban J connectivity index is 5.55. The number of nitrogens with two attached hydrogens (primary N) is 4. The summed E-state index contributed by atoms with van der Waals surface area (Å²) in [4.78, 5) is 87.1. The second kappa shape index (κ2) is 25.5. The standard InChI is InChI=1S/C28H54N10O8/c1-18(40)19(8-2-5-11-29)36-26(44)20(9-3-6-12-30)37-27(45)21(10-4-7-13-31)38-28(46)22(17-39)35-25(43)16-34-24(42)15-33-23(41)14-32/h19-22,39H,2-17,29-32H2,1H3,(H,33,41)(H,34,42)(H,35,43)(H,36,44)(H,37,45)(H,38,46).